The molecule has 0 unspecified atom stereocenters. The molecule has 88 valence electrons. The van der Waals surface area contributed by atoms with E-state index in [2.05, 4.69) is 10.4 Å². The fourth-order valence-electron chi connectivity index (χ4n) is 1.90. The zero-order valence-electron chi connectivity index (χ0n) is 8.67. The second kappa shape index (κ2) is 5.36. The van der Waals surface area contributed by atoms with E-state index in [0.717, 1.165) is 18.4 Å². The summed E-state index contributed by atoms with van der Waals surface area (Å²) in [5.41, 5.74) is 3.41. The molecule has 2 rings (SSSR count). The number of aliphatic imine (C=N–C) groups is 1. The zero-order valence-corrected chi connectivity index (χ0v) is 11.0. The van der Waals surface area contributed by atoms with Crippen LogP contribution < -0.4 is 11.3 Å². The van der Waals surface area contributed by atoms with Gasteiger partial charge in [0.05, 0.1) is 10.4 Å². The molecule has 1 aliphatic carbocycles. The summed E-state index contributed by atoms with van der Waals surface area (Å²) in [5.74, 6) is 6.12. The predicted molar refractivity (Wildman–Crippen MR) is 70.5 cm³/mol. The molecule has 0 atom stereocenters. The van der Waals surface area contributed by atoms with Gasteiger partial charge in [0.25, 0.3) is 0 Å². The minimum atomic E-state index is 0.362. The van der Waals surface area contributed by atoms with Gasteiger partial charge in [-0.1, -0.05) is 36.0 Å². The highest BCUT2D eigenvalue weighted by Gasteiger charge is 2.17. The normalized spacial score (nSPS) is 18.1. The van der Waals surface area contributed by atoms with Gasteiger partial charge >= 0.3 is 0 Å². The van der Waals surface area contributed by atoms with Gasteiger partial charge in [0.15, 0.2) is 0 Å². The van der Waals surface area contributed by atoms with Gasteiger partial charge in [-0.25, -0.2) is 5.84 Å². The third-order valence-corrected chi connectivity index (χ3v) is 4.17. The maximum Gasteiger partial charge on any atom is 0.145 e. The first kappa shape index (κ1) is 12.2. The molecule has 6 heteroatoms. The maximum absolute atomic E-state index is 6.06. The second-order valence-corrected chi connectivity index (χ2v) is 6.08. The average Bonchev–Trinajstić information content (AvgIpc) is 2.85. The number of hydrogen-bond donors (Lipinski definition) is 2. The summed E-state index contributed by atoms with van der Waals surface area (Å²) in [6, 6.07) is 2.16. The fraction of sp³-hybridized carbons (Fsp3) is 0.500. The summed E-state index contributed by atoms with van der Waals surface area (Å²) < 4.78 is 1.27. The van der Waals surface area contributed by atoms with Crippen LogP contribution in [0.5, 0.6) is 0 Å². The van der Waals surface area contributed by atoms with Crippen molar-refractivity contribution in [2.75, 3.05) is 0 Å². The zero-order chi connectivity index (χ0) is 11.5. The van der Waals surface area contributed by atoms with Crippen molar-refractivity contribution in [1.82, 2.24) is 5.43 Å². The largest absolute Gasteiger partial charge is 0.308 e. The van der Waals surface area contributed by atoms with Gasteiger partial charge in [-0.3, -0.25) is 4.99 Å². The number of halogens is 2. The molecule has 1 fully saturated rings. The molecular formula is C10H13Cl2N3S. The molecule has 1 aliphatic rings. The van der Waals surface area contributed by atoms with Crippen molar-refractivity contribution in [3.8, 4) is 0 Å². The first-order valence-electron chi connectivity index (χ1n) is 5.20. The van der Waals surface area contributed by atoms with Gasteiger partial charge < -0.3 is 5.43 Å². The van der Waals surface area contributed by atoms with Crippen LogP contribution in [0.25, 0.3) is 0 Å². The standard InChI is InChI=1S/C10H13Cl2N3S/c11-8-5-7(9(12)16-8)10(15-13)14-6-3-1-2-4-6/h5-6H,1-4,13H2,(H,14,15). The Labute approximate surface area is 109 Å². The average molecular weight is 278 g/mol. The minimum Gasteiger partial charge on any atom is -0.308 e. The Morgan fingerprint density at radius 2 is 2.12 bits per heavy atom. The summed E-state index contributed by atoms with van der Waals surface area (Å²) in [4.78, 5) is 4.58. The summed E-state index contributed by atoms with van der Waals surface area (Å²) in [5, 5.41) is 0. The van der Waals surface area contributed by atoms with Crippen molar-refractivity contribution in [3.05, 3.63) is 20.3 Å². The predicted octanol–water partition coefficient (Wildman–Crippen LogP) is 3.21. The number of nitrogens with two attached hydrogens (primary N) is 1. The lowest BCUT2D eigenvalue weighted by molar-refractivity contribution is 0.701. The molecule has 0 radical (unpaired) electrons. The fourth-order valence-corrected chi connectivity index (χ4v) is 3.37. The number of rotatable bonds is 2. The molecule has 0 aliphatic heterocycles. The Morgan fingerprint density at radius 1 is 1.44 bits per heavy atom. The van der Waals surface area contributed by atoms with Crippen molar-refractivity contribution in [3.63, 3.8) is 0 Å². The quantitative estimate of drug-likeness (QED) is 0.378. The van der Waals surface area contributed by atoms with Gasteiger partial charge in [0.2, 0.25) is 0 Å². The third kappa shape index (κ3) is 2.69. The van der Waals surface area contributed by atoms with Crippen LogP contribution in [-0.2, 0) is 0 Å². The molecule has 0 amide bonds. The van der Waals surface area contributed by atoms with Crippen LogP contribution in [0.2, 0.25) is 8.67 Å². The number of nitrogens with zero attached hydrogens (tertiary/aromatic N) is 1. The lowest BCUT2D eigenvalue weighted by Gasteiger charge is -2.08. The van der Waals surface area contributed by atoms with E-state index in [1.807, 2.05) is 0 Å². The van der Waals surface area contributed by atoms with Crippen molar-refractivity contribution in [2.24, 2.45) is 10.8 Å². The van der Waals surface area contributed by atoms with Crippen LogP contribution in [0.3, 0.4) is 0 Å². The molecule has 1 saturated carbocycles. The molecule has 16 heavy (non-hydrogen) atoms. The van der Waals surface area contributed by atoms with Crippen LogP contribution in [0.15, 0.2) is 11.1 Å². The van der Waals surface area contributed by atoms with E-state index in [0.29, 0.717) is 20.6 Å². The van der Waals surface area contributed by atoms with E-state index >= 15 is 0 Å². The monoisotopic (exact) mass is 277 g/mol. The molecule has 1 aromatic heterocycles. The summed E-state index contributed by atoms with van der Waals surface area (Å²) in [6.45, 7) is 0. The number of amidine groups is 1. The van der Waals surface area contributed by atoms with Crippen molar-refractivity contribution in [1.29, 1.82) is 0 Å². The van der Waals surface area contributed by atoms with Crippen molar-refractivity contribution >= 4 is 40.4 Å². The van der Waals surface area contributed by atoms with Gasteiger partial charge in [-0.2, -0.15) is 0 Å². The lowest BCUT2D eigenvalue weighted by Crippen LogP contribution is -2.32. The lowest BCUT2D eigenvalue weighted by atomic mass is 10.2. The van der Waals surface area contributed by atoms with Gasteiger partial charge in [0, 0.05) is 5.56 Å². The highest BCUT2D eigenvalue weighted by Crippen LogP contribution is 2.31. The van der Waals surface area contributed by atoms with E-state index in [-0.39, 0.29) is 0 Å². The topological polar surface area (TPSA) is 50.4 Å². The Balaban J connectivity index is 2.24. The Kier molecular flexibility index (Phi) is 4.08. The molecule has 0 spiro atoms. The third-order valence-electron chi connectivity index (χ3n) is 2.68. The first-order valence-corrected chi connectivity index (χ1v) is 6.77. The number of hydrogen-bond acceptors (Lipinski definition) is 3. The smallest absolute Gasteiger partial charge is 0.145 e. The summed E-state index contributed by atoms with van der Waals surface area (Å²) in [6.07, 6.45) is 4.73. The van der Waals surface area contributed by atoms with E-state index < -0.39 is 0 Å². The number of thiophene rings is 1. The van der Waals surface area contributed by atoms with Crippen molar-refractivity contribution in [2.45, 2.75) is 31.7 Å². The van der Waals surface area contributed by atoms with E-state index in [1.165, 1.54) is 24.2 Å². The molecule has 3 nitrogen and oxygen atoms in total. The minimum absolute atomic E-state index is 0.362. The molecular weight excluding hydrogens is 265 g/mol. The number of nitrogens with one attached hydrogen (secondary N) is 1. The summed E-state index contributed by atoms with van der Waals surface area (Å²) >= 11 is 13.3. The van der Waals surface area contributed by atoms with Crippen LogP contribution in [-0.4, -0.2) is 11.9 Å². The summed E-state index contributed by atoms with van der Waals surface area (Å²) in [7, 11) is 0. The van der Waals surface area contributed by atoms with E-state index in [1.54, 1.807) is 6.07 Å². The molecule has 0 saturated heterocycles. The van der Waals surface area contributed by atoms with Crippen LogP contribution >= 0.6 is 34.5 Å². The Bertz CT molecular complexity index is 397. The van der Waals surface area contributed by atoms with Gasteiger partial charge in [0.1, 0.15) is 10.2 Å². The van der Waals surface area contributed by atoms with E-state index in [9.17, 15) is 0 Å². The molecule has 1 aromatic rings. The Morgan fingerprint density at radius 3 is 2.62 bits per heavy atom. The van der Waals surface area contributed by atoms with Gasteiger partial charge in [-0.15, -0.1) is 11.3 Å². The highest BCUT2D eigenvalue weighted by molar-refractivity contribution is 7.20. The highest BCUT2D eigenvalue weighted by atomic mass is 35.5. The van der Waals surface area contributed by atoms with Gasteiger partial charge in [-0.05, 0) is 18.9 Å². The number of hydrazine groups is 1. The first-order chi connectivity index (χ1) is 7.70. The molecule has 0 aromatic carbocycles. The Hall–Kier alpha value is -0.290. The molecule has 0 bridgehead atoms. The molecule has 3 N–H and O–H groups in total. The SMILES string of the molecule is NNC(=NC1CCCC1)c1cc(Cl)sc1Cl. The van der Waals surface area contributed by atoms with Crippen LogP contribution in [0.1, 0.15) is 31.2 Å². The van der Waals surface area contributed by atoms with Crippen LogP contribution in [0, 0.1) is 0 Å². The van der Waals surface area contributed by atoms with Crippen LogP contribution in [0.4, 0.5) is 0 Å². The van der Waals surface area contributed by atoms with Crippen molar-refractivity contribution < 1.29 is 0 Å². The second-order valence-electron chi connectivity index (χ2n) is 3.80. The molecule has 1 heterocycles. The maximum atomic E-state index is 6.06. The van der Waals surface area contributed by atoms with E-state index in [4.69, 9.17) is 29.0 Å².